The molecule has 0 N–H and O–H groups in total. The highest BCUT2D eigenvalue weighted by Crippen LogP contribution is 2.53. The van der Waals surface area contributed by atoms with E-state index in [4.69, 9.17) is 0 Å². The molecule has 0 aromatic carbocycles. The maximum absolute atomic E-state index is 9.65. The van der Waals surface area contributed by atoms with Crippen LogP contribution in [0.2, 0.25) is 0 Å². The zero-order valence-electron chi connectivity index (χ0n) is 11.5. The Morgan fingerprint density at radius 1 is 1.24 bits per heavy atom. The third-order valence-corrected chi connectivity index (χ3v) is 5.56. The zero-order valence-corrected chi connectivity index (χ0v) is 11.5. The second-order valence-corrected chi connectivity index (χ2v) is 6.35. The van der Waals surface area contributed by atoms with E-state index in [9.17, 15) is 5.26 Å². The Hall–Kier alpha value is -0.510. The zero-order chi connectivity index (χ0) is 12.3. The molecule has 0 aromatic rings. The highest BCUT2D eigenvalue weighted by molar-refractivity contribution is 5.07. The summed E-state index contributed by atoms with van der Waals surface area (Å²) in [6, 6.07) is 2.73. The molecule has 96 valence electrons. The van der Waals surface area contributed by atoms with E-state index < -0.39 is 0 Å². The molecule has 2 aliphatic carbocycles. The topological polar surface area (TPSA) is 23.8 Å². The molecule has 1 nitrogen and oxygen atoms in total. The molecule has 0 aliphatic heterocycles. The Bertz CT molecular complexity index is 290. The molecule has 2 saturated carbocycles. The van der Waals surface area contributed by atoms with Crippen LogP contribution in [0, 0.1) is 34.5 Å². The SMILES string of the molecule is CCC[C@@H]1CC[C@@H]2CCCC(C#N)(CC)[C@@H]2C1. The summed E-state index contributed by atoms with van der Waals surface area (Å²) < 4.78 is 0. The average Bonchev–Trinajstić information content (AvgIpc) is 2.38. The second-order valence-electron chi connectivity index (χ2n) is 6.35. The maximum atomic E-state index is 9.65. The van der Waals surface area contributed by atoms with Crippen LogP contribution < -0.4 is 0 Å². The first-order valence-corrected chi connectivity index (χ1v) is 7.67. The van der Waals surface area contributed by atoms with Crippen LogP contribution in [0.1, 0.15) is 71.6 Å². The smallest absolute Gasteiger partial charge is 0.0692 e. The Morgan fingerprint density at radius 2 is 2.06 bits per heavy atom. The summed E-state index contributed by atoms with van der Waals surface area (Å²) in [4.78, 5) is 0. The van der Waals surface area contributed by atoms with Crippen molar-refractivity contribution in [1.82, 2.24) is 0 Å². The van der Waals surface area contributed by atoms with Gasteiger partial charge in [0.2, 0.25) is 0 Å². The predicted molar refractivity (Wildman–Crippen MR) is 71.4 cm³/mol. The van der Waals surface area contributed by atoms with Crippen molar-refractivity contribution < 1.29 is 0 Å². The number of hydrogen-bond acceptors (Lipinski definition) is 1. The van der Waals surface area contributed by atoms with Crippen molar-refractivity contribution in [3.63, 3.8) is 0 Å². The third kappa shape index (κ3) is 2.37. The number of fused-ring (bicyclic) bond motifs is 1. The van der Waals surface area contributed by atoms with E-state index in [1.807, 2.05) is 0 Å². The lowest BCUT2D eigenvalue weighted by Gasteiger charge is -2.48. The van der Waals surface area contributed by atoms with Gasteiger partial charge >= 0.3 is 0 Å². The quantitative estimate of drug-likeness (QED) is 0.678. The van der Waals surface area contributed by atoms with E-state index in [0.29, 0.717) is 0 Å². The molecule has 0 saturated heterocycles. The molecule has 0 amide bonds. The molecule has 2 rings (SSSR count). The maximum Gasteiger partial charge on any atom is 0.0692 e. The lowest BCUT2D eigenvalue weighted by Crippen LogP contribution is -2.41. The first kappa shape index (κ1) is 12.9. The molecule has 0 radical (unpaired) electrons. The molecule has 17 heavy (non-hydrogen) atoms. The summed E-state index contributed by atoms with van der Waals surface area (Å²) in [5, 5.41) is 9.65. The molecular weight excluding hydrogens is 206 g/mol. The van der Waals surface area contributed by atoms with E-state index in [0.717, 1.165) is 24.2 Å². The fourth-order valence-electron chi connectivity index (χ4n) is 4.54. The highest BCUT2D eigenvalue weighted by Gasteiger charge is 2.46. The van der Waals surface area contributed by atoms with Crippen LogP contribution in [0.3, 0.4) is 0 Å². The van der Waals surface area contributed by atoms with Crippen LogP contribution in [-0.4, -0.2) is 0 Å². The Morgan fingerprint density at radius 3 is 2.71 bits per heavy atom. The fraction of sp³-hybridized carbons (Fsp3) is 0.938. The number of nitrogens with zero attached hydrogens (tertiary/aromatic N) is 1. The van der Waals surface area contributed by atoms with Crippen molar-refractivity contribution in [1.29, 1.82) is 5.26 Å². The highest BCUT2D eigenvalue weighted by atomic mass is 14.5. The van der Waals surface area contributed by atoms with Crippen LogP contribution >= 0.6 is 0 Å². The van der Waals surface area contributed by atoms with Gasteiger partial charge in [0.15, 0.2) is 0 Å². The van der Waals surface area contributed by atoms with E-state index in [-0.39, 0.29) is 5.41 Å². The van der Waals surface area contributed by atoms with Crippen molar-refractivity contribution >= 4 is 0 Å². The summed E-state index contributed by atoms with van der Waals surface area (Å²) in [5.41, 5.74) is 0.0370. The predicted octanol–water partition coefficient (Wildman–Crippen LogP) is 4.92. The average molecular weight is 233 g/mol. The number of nitriles is 1. The summed E-state index contributed by atoms with van der Waals surface area (Å²) in [5.74, 6) is 2.51. The van der Waals surface area contributed by atoms with Gasteiger partial charge in [-0.1, -0.05) is 46.0 Å². The standard InChI is InChI=1S/C16H27N/c1-3-6-13-8-9-14-7-5-10-16(4-2,12-17)15(14)11-13/h13-15H,3-11H2,1-2H3/t13-,14+,15-,16?/m1/s1. The van der Waals surface area contributed by atoms with Crippen molar-refractivity contribution in [2.45, 2.75) is 71.6 Å². The van der Waals surface area contributed by atoms with Crippen LogP contribution in [0.5, 0.6) is 0 Å². The van der Waals surface area contributed by atoms with Crippen LogP contribution in [-0.2, 0) is 0 Å². The van der Waals surface area contributed by atoms with Gasteiger partial charge in [0.25, 0.3) is 0 Å². The van der Waals surface area contributed by atoms with Gasteiger partial charge in [-0.2, -0.15) is 5.26 Å². The lowest BCUT2D eigenvalue weighted by atomic mass is 9.55. The Balaban J connectivity index is 2.12. The van der Waals surface area contributed by atoms with Crippen molar-refractivity contribution in [2.75, 3.05) is 0 Å². The van der Waals surface area contributed by atoms with Crippen LogP contribution in [0.15, 0.2) is 0 Å². The minimum Gasteiger partial charge on any atom is -0.198 e. The number of hydrogen-bond donors (Lipinski definition) is 0. The van der Waals surface area contributed by atoms with Gasteiger partial charge in [-0.15, -0.1) is 0 Å². The minimum absolute atomic E-state index is 0.0370. The van der Waals surface area contributed by atoms with Gasteiger partial charge in [-0.3, -0.25) is 0 Å². The van der Waals surface area contributed by atoms with Gasteiger partial charge in [0.1, 0.15) is 0 Å². The summed E-state index contributed by atoms with van der Waals surface area (Å²) in [7, 11) is 0. The van der Waals surface area contributed by atoms with E-state index in [2.05, 4.69) is 19.9 Å². The number of rotatable bonds is 3. The minimum atomic E-state index is 0.0370. The third-order valence-electron chi connectivity index (χ3n) is 5.56. The Labute approximate surface area is 107 Å². The van der Waals surface area contributed by atoms with E-state index in [1.54, 1.807) is 0 Å². The normalized spacial score (nSPS) is 41.6. The molecule has 1 heteroatoms. The van der Waals surface area contributed by atoms with Crippen LogP contribution in [0.25, 0.3) is 0 Å². The molecule has 4 atom stereocenters. The van der Waals surface area contributed by atoms with Crippen molar-refractivity contribution in [3.05, 3.63) is 0 Å². The largest absolute Gasteiger partial charge is 0.198 e. The molecule has 1 unspecified atom stereocenters. The van der Waals surface area contributed by atoms with Gasteiger partial charge in [0.05, 0.1) is 11.5 Å². The molecular formula is C16H27N. The van der Waals surface area contributed by atoms with Crippen molar-refractivity contribution in [3.8, 4) is 6.07 Å². The molecule has 0 bridgehead atoms. The lowest BCUT2D eigenvalue weighted by molar-refractivity contribution is 0.0263. The van der Waals surface area contributed by atoms with Crippen LogP contribution in [0.4, 0.5) is 0 Å². The summed E-state index contributed by atoms with van der Waals surface area (Å²) in [6.45, 7) is 4.53. The molecule has 2 aliphatic rings. The molecule has 0 aromatic heterocycles. The van der Waals surface area contributed by atoms with Crippen molar-refractivity contribution in [2.24, 2.45) is 23.2 Å². The van der Waals surface area contributed by atoms with E-state index in [1.165, 1.54) is 51.4 Å². The summed E-state index contributed by atoms with van der Waals surface area (Å²) >= 11 is 0. The van der Waals surface area contributed by atoms with Gasteiger partial charge in [-0.25, -0.2) is 0 Å². The monoisotopic (exact) mass is 233 g/mol. The molecule has 0 heterocycles. The first-order valence-electron chi connectivity index (χ1n) is 7.67. The van der Waals surface area contributed by atoms with Gasteiger partial charge in [0, 0.05) is 0 Å². The second kappa shape index (κ2) is 5.42. The molecule has 2 fully saturated rings. The van der Waals surface area contributed by atoms with Gasteiger partial charge in [-0.05, 0) is 43.4 Å². The molecule has 0 spiro atoms. The Kier molecular flexibility index (Phi) is 4.13. The fourth-order valence-corrected chi connectivity index (χ4v) is 4.54. The summed E-state index contributed by atoms with van der Waals surface area (Å²) in [6.07, 6.45) is 11.8. The van der Waals surface area contributed by atoms with E-state index >= 15 is 0 Å². The first-order chi connectivity index (χ1) is 8.25. The van der Waals surface area contributed by atoms with Gasteiger partial charge < -0.3 is 0 Å².